The molecule has 4 nitrogen and oxygen atoms in total. The monoisotopic (exact) mass is 247 g/mol. The molecule has 1 aromatic carbocycles. The van der Waals surface area contributed by atoms with Crippen LogP contribution in [0.3, 0.4) is 0 Å². The lowest BCUT2D eigenvalue weighted by Gasteiger charge is -2.41. The Hall–Kier alpha value is -1.39. The van der Waals surface area contributed by atoms with E-state index in [0.29, 0.717) is 0 Å². The summed E-state index contributed by atoms with van der Waals surface area (Å²) in [6.45, 7) is 4.27. The third-order valence-electron chi connectivity index (χ3n) is 3.44. The van der Waals surface area contributed by atoms with E-state index in [1.807, 2.05) is 23.1 Å². The molecule has 4 heteroatoms. The molecule has 2 atom stereocenters. The molecular formula is C14H21N3O. The third kappa shape index (κ3) is 2.71. The molecule has 1 aromatic rings. The summed E-state index contributed by atoms with van der Waals surface area (Å²) in [5.74, 6) is 0.0388. The fourth-order valence-corrected chi connectivity index (χ4v) is 2.41. The highest BCUT2D eigenvalue weighted by molar-refractivity contribution is 5.81. The van der Waals surface area contributed by atoms with Gasteiger partial charge in [0, 0.05) is 19.6 Å². The van der Waals surface area contributed by atoms with Crippen molar-refractivity contribution in [1.29, 1.82) is 0 Å². The highest BCUT2D eigenvalue weighted by atomic mass is 16.2. The predicted octanol–water partition coefficient (Wildman–Crippen LogP) is 0.849. The molecule has 1 saturated heterocycles. The first-order valence-corrected chi connectivity index (χ1v) is 6.39. The summed E-state index contributed by atoms with van der Waals surface area (Å²) in [5.41, 5.74) is 6.92. The van der Waals surface area contributed by atoms with Crippen molar-refractivity contribution >= 4 is 5.91 Å². The van der Waals surface area contributed by atoms with Gasteiger partial charge in [-0.1, -0.05) is 30.3 Å². The molecule has 1 amide bonds. The summed E-state index contributed by atoms with van der Waals surface area (Å²) >= 11 is 0. The first-order chi connectivity index (χ1) is 8.59. The molecular weight excluding hydrogens is 226 g/mol. The van der Waals surface area contributed by atoms with Crippen LogP contribution in [0.1, 0.15) is 18.5 Å². The summed E-state index contributed by atoms with van der Waals surface area (Å²) in [6, 6.07) is 9.85. The maximum absolute atomic E-state index is 12.2. The van der Waals surface area contributed by atoms with Crippen molar-refractivity contribution in [2.24, 2.45) is 5.73 Å². The summed E-state index contributed by atoms with van der Waals surface area (Å²) in [5, 5.41) is 0. The normalized spacial score (nSPS) is 22.8. The van der Waals surface area contributed by atoms with Crippen molar-refractivity contribution in [2.45, 2.75) is 19.0 Å². The van der Waals surface area contributed by atoms with Crippen LogP contribution in [0.5, 0.6) is 0 Å². The van der Waals surface area contributed by atoms with Crippen LogP contribution in [0.4, 0.5) is 0 Å². The molecule has 0 saturated carbocycles. The molecule has 0 unspecified atom stereocenters. The highest BCUT2D eigenvalue weighted by Gasteiger charge is 2.31. The number of likely N-dealkylation sites (N-methyl/N-ethyl adjacent to an activating group) is 1. The lowest BCUT2D eigenvalue weighted by molar-refractivity contribution is -0.137. The Balaban J connectivity index is 2.24. The van der Waals surface area contributed by atoms with E-state index in [0.717, 1.165) is 19.6 Å². The van der Waals surface area contributed by atoms with Gasteiger partial charge in [-0.2, -0.15) is 0 Å². The summed E-state index contributed by atoms with van der Waals surface area (Å²) in [4.78, 5) is 16.3. The molecule has 1 fully saturated rings. The molecule has 0 radical (unpaired) electrons. The van der Waals surface area contributed by atoms with Gasteiger partial charge in [-0.3, -0.25) is 4.79 Å². The van der Waals surface area contributed by atoms with Crippen molar-refractivity contribution in [2.75, 3.05) is 26.7 Å². The molecule has 1 aliphatic heterocycles. The van der Waals surface area contributed by atoms with Gasteiger partial charge in [0.25, 0.3) is 0 Å². The van der Waals surface area contributed by atoms with E-state index in [-0.39, 0.29) is 11.9 Å². The number of hydrogen-bond donors (Lipinski definition) is 1. The van der Waals surface area contributed by atoms with Crippen LogP contribution >= 0.6 is 0 Å². The minimum absolute atomic E-state index is 0.0388. The maximum Gasteiger partial charge on any atom is 0.239 e. The van der Waals surface area contributed by atoms with Crippen LogP contribution in [0.2, 0.25) is 0 Å². The number of rotatable bonds is 2. The van der Waals surface area contributed by atoms with Gasteiger partial charge in [0.1, 0.15) is 0 Å². The maximum atomic E-state index is 12.2. The number of carbonyl (C=O) groups is 1. The second kappa shape index (κ2) is 5.50. The fraction of sp³-hybridized carbons (Fsp3) is 0.500. The largest absolute Gasteiger partial charge is 0.332 e. The van der Waals surface area contributed by atoms with Crippen LogP contribution in [-0.4, -0.2) is 48.4 Å². The number of piperazine rings is 1. The molecule has 18 heavy (non-hydrogen) atoms. The Labute approximate surface area is 108 Å². The standard InChI is InChI=1S/C14H21N3O/c1-11(15)14(18)17-9-8-16(2)10-13(17)12-6-4-3-5-7-12/h3-7,11,13H,8-10,15H2,1-2H3/t11-,13-/m1/s1. The van der Waals surface area contributed by atoms with E-state index in [2.05, 4.69) is 24.1 Å². The van der Waals surface area contributed by atoms with E-state index < -0.39 is 6.04 Å². The van der Waals surface area contributed by atoms with E-state index >= 15 is 0 Å². The van der Waals surface area contributed by atoms with E-state index in [4.69, 9.17) is 5.73 Å². The number of nitrogens with zero attached hydrogens (tertiary/aromatic N) is 2. The van der Waals surface area contributed by atoms with Gasteiger partial charge >= 0.3 is 0 Å². The molecule has 0 aliphatic carbocycles. The van der Waals surface area contributed by atoms with Crippen molar-refractivity contribution < 1.29 is 4.79 Å². The first kappa shape index (κ1) is 13.1. The Morgan fingerprint density at radius 1 is 1.33 bits per heavy atom. The van der Waals surface area contributed by atoms with Crippen molar-refractivity contribution in [3.63, 3.8) is 0 Å². The molecule has 1 heterocycles. The van der Waals surface area contributed by atoms with Gasteiger partial charge in [0.05, 0.1) is 12.1 Å². The highest BCUT2D eigenvalue weighted by Crippen LogP contribution is 2.25. The minimum Gasteiger partial charge on any atom is -0.332 e. The van der Waals surface area contributed by atoms with Crippen molar-refractivity contribution in [3.05, 3.63) is 35.9 Å². The van der Waals surface area contributed by atoms with E-state index in [1.165, 1.54) is 5.56 Å². The number of hydrogen-bond acceptors (Lipinski definition) is 3. The Morgan fingerprint density at radius 2 is 2.00 bits per heavy atom. The zero-order valence-corrected chi connectivity index (χ0v) is 11.0. The SMILES string of the molecule is C[C@@H](N)C(=O)N1CCN(C)C[C@@H]1c1ccccc1. The summed E-state index contributed by atoms with van der Waals surface area (Å²) < 4.78 is 0. The number of nitrogens with two attached hydrogens (primary N) is 1. The number of benzene rings is 1. The molecule has 0 aromatic heterocycles. The van der Waals surface area contributed by atoms with Gasteiger partial charge in [-0.05, 0) is 19.5 Å². The average molecular weight is 247 g/mol. The third-order valence-corrected chi connectivity index (χ3v) is 3.44. The van der Waals surface area contributed by atoms with Gasteiger partial charge in [0.15, 0.2) is 0 Å². The minimum atomic E-state index is -0.431. The fourth-order valence-electron chi connectivity index (χ4n) is 2.41. The zero-order chi connectivity index (χ0) is 13.1. The number of amides is 1. The lowest BCUT2D eigenvalue weighted by atomic mass is 10.0. The molecule has 98 valence electrons. The van der Waals surface area contributed by atoms with E-state index in [9.17, 15) is 4.79 Å². The van der Waals surface area contributed by atoms with Gasteiger partial charge in [-0.25, -0.2) is 0 Å². The van der Waals surface area contributed by atoms with Crippen LogP contribution in [0.25, 0.3) is 0 Å². The second-order valence-electron chi connectivity index (χ2n) is 5.01. The molecule has 2 N–H and O–H groups in total. The lowest BCUT2D eigenvalue weighted by Crippen LogP contribution is -2.53. The smallest absolute Gasteiger partial charge is 0.239 e. The molecule has 1 aliphatic rings. The second-order valence-corrected chi connectivity index (χ2v) is 5.01. The van der Waals surface area contributed by atoms with Gasteiger partial charge in [0.2, 0.25) is 5.91 Å². The van der Waals surface area contributed by atoms with E-state index in [1.54, 1.807) is 6.92 Å². The topological polar surface area (TPSA) is 49.6 Å². The van der Waals surface area contributed by atoms with Gasteiger partial charge < -0.3 is 15.5 Å². The Morgan fingerprint density at radius 3 is 2.61 bits per heavy atom. The van der Waals surface area contributed by atoms with Crippen molar-refractivity contribution in [1.82, 2.24) is 9.80 Å². The van der Waals surface area contributed by atoms with Crippen molar-refractivity contribution in [3.8, 4) is 0 Å². The molecule has 0 spiro atoms. The number of carbonyl (C=O) groups excluding carboxylic acids is 1. The Kier molecular flexibility index (Phi) is 3.99. The van der Waals surface area contributed by atoms with Gasteiger partial charge in [-0.15, -0.1) is 0 Å². The zero-order valence-electron chi connectivity index (χ0n) is 11.0. The predicted molar refractivity (Wildman–Crippen MR) is 72.0 cm³/mol. The van der Waals surface area contributed by atoms with Crippen LogP contribution in [0.15, 0.2) is 30.3 Å². The van der Waals surface area contributed by atoms with Crippen LogP contribution < -0.4 is 5.73 Å². The average Bonchev–Trinajstić information content (AvgIpc) is 2.39. The summed E-state index contributed by atoms with van der Waals surface area (Å²) in [6.07, 6.45) is 0. The molecule has 2 rings (SSSR count). The van der Waals surface area contributed by atoms with Crippen LogP contribution in [-0.2, 0) is 4.79 Å². The van der Waals surface area contributed by atoms with Crippen LogP contribution in [0, 0.1) is 0 Å². The molecule has 0 bridgehead atoms. The Bertz CT molecular complexity index is 405. The summed E-state index contributed by atoms with van der Waals surface area (Å²) in [7, 11) is 2.09. The quantitative estimate of drug-likeness (QED) is 0.843. The first-order valence-electron chi connectivity index (χ1n) is 6.39.